The first-order valence-corrected chi connectivity index (χ1v) is 33.9. The summed E-state index contributed by atoms with van der Waals surface area (Å²) in [5.74, 6) is 1.43. The number of ketones is 3. The van der Waals surface area contributed by atoms with Crippen LogP contribution in [0, 0.1) is 84.3 Å². The fraction of sp³-hybridized carbons (Fsp3) is 0.256. The average molecular weight is 1910 g/mol. The molecule has 0 saturated heterocycles. The zero-order valence-corrected chi connectivity index (χ0v) is 68.9. The molecule has 9 aromatic carbocycles. The molecular weight excluding hydrogens is 1810 g/mol. The van der Waals surface area contributed by atoms with Gasteiger partial charge in [0.2, 0.25) is 0 Å². The van der Waals surface area contributed by atoms with Crippen molar-refractivity contribution in [2.45, 2.75) is 137 Å². The zero-order chi connectivity index (χ0) is 75.4. The van der Waals surface area contributed by atoms with Crippen LogP contribution < -0.4 is 0 Å². The van der Waals surface area contributed by atoms with Crippen molar-refractivity contribution in [2.75, 3.05) is 0 Å². The molecule has 0 aliphatic heterocycles. The van der Waals surface area contributed by atoms with Gasteiger partial charge in [0.25, 0.3) is 0 Å². The van der Waals surface area contributed by atoms with Crippen LogP contribution in [0.15, 0.2) is 212 Å². The van der Waals surface area contributed by atoms with Crippen LogP contribution in [-0.2, 0) is 81.1 Å². The summed E-state index contributed by atoms with van der Waals surface area (Å²) < 4.78 is 22.9. The number of carbonyl (C=O) groups is 3. The Labute approximate surface area is 654 Å². The van der Waals surface area contributed by atoms with Crippen molar-refractivity contribution in [1.82, 2.24) is 19.9 Å². The molecule has 3 heterocycles. The quantitative estimate of drug-likeness (QED) is 0.0438. The third-order valence-corrected chi connectivity index (χ3v) is 15.6. The first-order chi connectivity index (χ1) is 48.7. The van der Waals surface area contributed by atoms with Gasteiger partial charge in [-0.25, -0.2) is 0 Å². The van der Waals surface area contributed by atoms with Gasteiger partial charge in [-0.15, -0.1) is 93.4 Å². The largest absolute Gasteiger partial charge is 0.512 e. The second kappa shape index (κ2) is 41.5. The predicted molar refractivity (Wildman–Crippen MR) is 417 cm³/mol. The number of aryl methyl sites for hydroxylation is 7. The van der Waals surface area contributed by atoms with Gasteiger partial charge in [0.05, 0.1) is 39.5 Å². The molecule has 0 aliphatic rings. The molecule has 3 aromatic heterocycles. The van der Waals surface area contributed by atoms with Crippen LogP contribution in [0.4, 0.5) is 0 Å². The molecule has 541 valence electrons. The molecular formula is C90H95Ir3N4O6-3. The number of pyridine rings is 2. The minimum atomic E-state index is -2.16. The normalized spacial score (nSPS) is 11.7. The van der Waals surface area contributed by atoms with E-state index in [0.29, 0.717) is 30.6 Å². The van der Waals surface area contributed by atoms with Crippen LogP contribution in [0.2, 0.25) is 0 Å². The van der Waals surface area contributed by atoms with Gasteiger partial charge in [-0.2, -0.15) is 0 Å². The minimum absolute atomic E-state index is 0. The summed E-state index contributed by atoms with van der Waals surface area (Å²) in [7, 11) is 0. The van der Waals surface area contributed by atoms with Crippen molar-refractivity contribution in [2.24, 2.45) is 17.8 Å². The number of allylic oxidation sites excluding steroid dienone is 6. The van der Waals surface area contributed by atoms with Crippen molar-refractivity contribution in [3.63, 3.8) is 0 Å². The second-order valence-electron chi connectivity index (χ2n) is 26.8. The van der Waals surface area contributed by atoms with Gasteiger partial charge in [-0.3, -0.25) is 29.3 Å². The fourth-order valence-electron chi connectivity index (χ4n) is 11.7. The maximum absolute atomic E-state index is 11.2. The number of aromatic nitrogens is 4. The number of nitrogens with zero attached hydrogens (tertiary/aromatic N) is 4. The van der Waals surface area contributed by atoms with E-state index in [1.807, 2.05) is 84.1 Å². The topological polar surface area (TPSA) is 163 Å². The Kier molecular flexibility index (Phi) is 32.9. The number of benzene rings is 9. The Morgan fingerprint density at radius 3 is 1.53 bits per heavy atom. The van der Waals surface area contributed by atoms with Crippen molar-refractivity contribution in [1.29, 1.82) is 0 Å². The molecule has 0 fully saturated rings. The summed E-state index contributed by atoms with van der Waals surface area (Å²) in [5, 5.41) is 32.9. The van der Waals surface area contributed by atoms with E-state index in [-0.39, 0.29) is 101 Å². The SMILES string of the molecule is CC(=O)C=C(C)O.CC(=O)C=C(C)O.CC(C)CC(=O)C=C(O)CC(C)C.Cc1[c-]c(-c2ccc3c(C)cc(C)cc3n2)cc(C)c1.Cc1cnc2c3[c-]cc(-c4ccccc4)cc3c3cc(-c4ccccc4)ccc3c2n1.[2H]C([2H])([2H])c1[c-]c(-c2ccc3c(CC(C)C)cccc3n2)cc(C)c1.[Ir].[Ir].[Ir]. The standard InChI is InChI=1S/C29H19N2.C21H22N.C19H18N.C11H20O2.2C5H8O2.3Ir/c1-19-18-30-28-24-14-12-22(20-8-4-2-5-9-20)16-26(24)27-17-23(21-10-6-3-7-11-21)13-15-25(27)29(28)31-19;1-14(2)10-17-6-5-7-21-19(17)8-9-20(22-21)18-12-15(3)11-16(4)13-18;1-12-7-13(2)10-16(9-12)18-6-5-17-15(4)8-14(3)11-19(17)20-18;1-8(2)5-10(12)7-11(13)6-9(3)4;2*1-4(6)3-5(2)7;;;/h2-13,15-18H,1H3;5-9,11-12,14H,10H2,1-4H3;5-9,11H,1-4H3;7-9,12H,5-6H2,1-4H3;2*3,6H,1-2H3;;;/q3*-1;;;;;;/i;4D3;;;;;;;. The van der Waals surface area contributed by atoms with E-state index in [2.05, 4.69) is 187 Å². The summed E-state index contributed by atoms with van der Waals surface area (Å²) in [6.45, 7) is 28.3. The molecule has 12 aromatic rings. The Bertz CT molecular complexity index is 5040. The first-order valence-electron chi connectivity index (χ1n) is 35.4. The average Bonchev–Trinajstić information content (AvgIpc) is 0.737. The van der Waals surface area contributed by atoms with E-state index in [1.54, 1.807) is 6.07 Å². The molecule has 0 unspecified atom stereocenters. The smallest absolute Gasteiger partial charge is 0.159 e. The van der Waals surface area contributed by atoms with Crippen LogP contribution in [-0.4, -0.2) is 52.6 Å². The molecule has 0 amide bonds. The van der Waals surface area contributed by atoms with Gasteiger partial charge in [-0.05, 0) is 129 Å². The maximum Gasteiger partial charge on any atom is 0.159 e. The third-order valence-electron chi connectivity index (χ3n) is 15.6. The van der Waals surface area contributed by atoms with Gasteiger partial charge in [-0.1, -0.05) is 212 Å². The number of aliphatic hydroxyl groups is 3. The Balaban J connectivity index is 0.000000288. The van der Waals surface area contributed by atoms with Crippen molar-refractivity contribution in [3.8, 4) is 44.8 Å². The molecule has 3 radical (unpaired) electrons. The molecule has 103 heavy (non-hydrogen) atoms. The van der Waals surface area contributed by atoms with E-state index >= 15 is 0 Å². The van der Waals surface area contributed by atoms with Gasteiger partial charge < -0.3 is 20.3 Å². The Morgan fingerprint density at radius 2 is 1.00 bits per heavy atom. The van der Waals surface area contributed by atoms with Crippen LogP contribution >= 0.6 is 0 Å². The fourth-order valence-corrected chi connectivity index (χ4v) is 11.7. The summed E-state index contributed by atoms with van der Waals surface area (Å²) in [4.78, 5) is 50.4. The number of rotatable bonds is 13. The molecule has 12 rings (SSSR count). The third kappa shape index (κ3) is 26.8. The maximum atomic E-state index is 11.2. The van der Waals surface area contributed by atoms with Crippen molar-refractivity contribution >= 4 is 71.7 Å². The van der Waals surface area contributed by atoms with Crippen molar-refractivity contribution in [3.05, 3.63) is 274 Å². The molecule has 3 N–H and O–H groups in total. The van der Waals surface area contributed by atoms with Crippen LogP contribution in [0.1, 0.15) is 131 Å². The molecule has 0 spiro atoms. The Morgan fingerprint density at radius 1 is 0.476 bits per heavy atom. The van der Waals surface area contributed by atoms with Gasteiger partial charge >= 0.3 is 0 Å². The molecule has 0 bridgehead atoms. The van der Waals surface area contributed by atoms with Crippen LogP contribution in [0.5, 0.6) is 0 Å². The molecule has 10 nitrogen and oxygen atoms in total. The second-order valence-corrected chi connectivity index (χ2v) is 26.8. The predicted octanol–water partition coefficient (Wildman–Crippen LogP) is 23.0. The first kappa shape index (κ1) is 81.5. The summed E-state index contributed by atoms with van der Waals surface area (Å²) in [6.07, 6.45) is 7.65. The van der Waals surface area contributed by atoms with E-state index in [9.17, 15) is 19.5 Å². The van der Waals surface area contributed by atoms with E-state index < -0.39 is 6.85 Å². The number of hydrogen-bond acceptors (Lipinski definition) is 10. The molecule has 0 atom stereocenters. The minimum Gasteiger partial charge on any atom is -0.512 e. The van der Waals surface area contributed by atoms with E-state index in [4.69, 9.17) is 34.3 Å². The van der Waals surface area contributed by atoms with E-state index in [0.717, 1.165) is 94.9 Å². The number of fused-ring (bicyclic) bond motifs is 8. The van der Waals surface area contributed by atoms with Gasteiger partial charge in [0.1, 0.15) is 0 Å². The number of hydrogen-bond donors (Lipinski definition) is 3. The van der Waals surface area contributed by atoms with Crippen LogP contribution in [0.25, 0.3) is 99.2 Å². The van der Waals surface area contributed by atoms with Gasteiger partial charge in [0.15, 0.2) is 17.3 Å². The summed E-state index contributed by atoms with van der Waals surface area (Å²) in [6, 6.07) is 68.6. The van der Waals surface area contributed by atoms with Crippen molar-refractivity contribution < 1.29 is 94.1 Å². The number of carbonyl (C=O) groups excluding carboxylic acids is 3. The molecule has 0 aliphatic carbocycles. The Hall–Kier alpha value is -8.76. The van der Waals surface area contributed by atoms with Gasteiger partial charge in [0, 0.05) is 118 Å². The molecule has 0 saturated carbocycles. The summed E-state index contributed by atoms with van der Waals surface area (Å²) in [5.41, 5.74) is 20.4. The summed E-state index contributed by atoms with van der Waals surface area (Å²) >= 11 is 0. The van der Waals surface area contributed by atoms with Crippen LogP contribution in [0.3, 0.4) is 0 Å². The monoisotopic (exact) mass is 1910 g/mol. The number of aliphatic hydroxyl groups excluding tert-OH is 3. The molecule has 13 heteroatoms. The van der Waals surface area contributed by atoms with E-state index in [1.165, 1.54) is 95.6 Å². The zero-order valence-electron chi connectivity index (χ0n) is 64.7.